The molecule has 0 spiro atoms. The van der Waals surface area contributed by atoms with Crippen LogP contribution in [0.5, 0.6) is 0 Å². The van der Waals surface area contributed by atoms with Crippen LogP contribution in [-0.4, -0.2) is 0 Å². The first-order chi connectivity index (χ1) is 41.2. The average molecular weight is 1120 g/mol. The number of nitrogens with zero attached hydrogens (tertiary/aromatic N) is 3. The molecular formula is C81H98N3+3. The molecule has 3 heteroatoms. The fourth-order valence-electron chi connectivity index (χ4n) is 14.3. The van der Waals surface area contributed by atoms with Crippen LogP contribution in [0, 0.1) is 56.3 Å². The van der Waals surface area contributed by atoms with E-state index < -0.39 is 11.8 Å². The van der Waals surface area contributed by atoms with Crippen LogP contribution in [-0.2, 0) is 21.1 Å². The number of pyridine rings is 3. The highest BCUT2D eigenvalue weighted by Crippen LogP contribution is 2.46. The molecule has 3 nitrogen and oxygen atoms in total. The highest BCUT2D eigenvalue weighted by Gasteiger charge is 2.33. The van der Waals surface area contributed by atoms with E-state index in [1.807, 2.05) is 0 Å². The molecule has 9 aromatic rings. The summed E-state index contributed by atoms with van der Waals surface area (Å²) in [5.41, 5.74) is 22.5. The van der Waals surface area contributed by atoms with E-state index in [0.717, 1.165) is 30.2 Å². The van der Waals surface area contributed by atoms with Gasteiger partial charge in [-0.1, -0.05) is 208 Å². The molecule has 1 unspecified atom stereocenters. The second-order valence-electron chi connectivity index (χ2n) is 25.9. The Bertz CT molecular complexity index is 3690. The summed E-state index contributed by atoms with van der Waals surface area (Å²) in [6.07, 6.45) is 15.5. The molecule has 2 saturated carbocycles. The zero-order chi connectivity index (χ0) is 61.5. The molecule has 11 rings (SSSR count). The van der Waals surface area contributed by atoms with Crippen LogP contribution in [0.4, 0.5) is 0 Å². The monoisotopic (exact) mass is 1110 g/mol. The number of benzene rings is 6. The fraction of sp³-hybridized carbons (Fsp3) is 0.370. The minimum absolute atomic E-state index is 0.268. The summed E-state index contributed by atoms with van der Waals surface area (Å²) in [7, 11) is 6.36. The van der Waals surface area contributed by atoms with Gasteiger partial charge in [0.1, 0.15) is 21.1 Å². The van der Waals surface area contributed by atoms with Crippen molar-refractivity contribution in [3.63, 3.8) is 0 Å². The molecule has 2 aliphatic rings. The summed E-state index contributed by atoms with van der Waals surface area (Å²) < 4.78 is 24.9. The SMILES string of the molecule is Cc1ccccc1-c1ccc(-c2ccc(C(C(C)C)C(C)C)cc2)c[n+]1C.[2H]C(c1ccc(-c2ccc(-c3ccccc3C)[n+](C)c2)cc1)(C(C)C)C(C)C.[2H]C1(c2ccc(-c3ccc(-c4ccccc4C)[n+](C)c3)cc2)CC[C@@H]2CCCC[C@H]2C1. The van der Waals surface area contributed by atoms with Crippen LogP contribution in [0.25, 0.3) is 67.2 Å². The van der Waals surface area contributed by atoms with Crippen LogP contribution in [0.1, 0.15) is 154 Å². The molecule has 3 aromatic heterocycles. The highest BCUT2D eigenvalue weighted by atomic mass is 14.9. The van der Waals surface area contributed by atoms with Crippen LogP contribution in [0.15, 0.2) is 201 Å². The molecule has 6 aromatic carbocycles. The van der Waals surface area contributed by atoms with E-state index in [1.54, 1.807) is 0 Å². The van der Waals surface area contributed by atoms with Gasteiger partial charge in [-0.2, -0.15) is 0 Å². The molecule has 2 aliphatic carbocycles. The Morgan fingerprint density at radius 2 is 0.714 bits per heavy atom. The molecule has 84 heavy (non-hydrogen) atoms. The van der Waals surface area contributed by atoms with Crippen molar-refractivity contribution in [1.29, 1.82) is 0 Å². The fourth-order valence-corrected chi connectivity index (χ4v) is 14.3. The van der Waals surface area contributed by atoms with Crippen LogP contribution < -0.4 is 13.7 Å². The quantitative estimate of drug-likeness (QED) is 0.102. The maximum Gasteiger partial charge on any atom is 0.212 e. The maximum absolute atomic E-state index is 9.23. The van der Waals surface area contributed by atoms with Gasteiger partial charge in [0, 0.05) is 54.3 Å². The zero-order valence-corrected chi connectivity index (χ0v) is 53.4. The lowest BCUT2D eigenvalue weighted by Gasteiger charge is -2.39. The average Bonchev–Trinajstić information content (AvgIpc) is 2.57. The van der Waals surface area contributed by atoms with Crippen molar-refractivity contribution in [2.75, 3.05) is 0 Å². The van der Waals surface area contributed by atoms with Gasteiger partial charge in [0.25, 0.3) is 0 Å². The van der Waals surface area contributed by atoms with E-state index in [2.05, 4.69) is 312 Å². The van der Waals surface area contributed by atoms with Crippen molar-refractivity contribution in [2.24, 2.45) is 56.7 Å². The summed E-state index contributed by atoms with van der Waals surface area (Å²) in [6, 6.07) is 65.6. The molecule has 2 fully saturated rings. The molecule has 3 atom stereocenters. The lowest BCUT2D eigenvalue weighted by Crippen LogP contribution is -2.30. The Kier molecular flexibility index (Phi) is 19.6. The molecule has 434 valence electrons. The van der Waals surface area contributed by atoms with E-state index in [4.69, 9.17) is 1.37 Å². The Hall–Kier alpha value is -7.23. The topological polar surface area (TPSA) is 11.6 Å². The minimum atomic E-state index is -0.558. The third-order valence-electron chi connectivity index (χ3n) is 18.5. The van der Waals surface area contributed by atoms with Gasteiger partial charge < -0.3 is 0 Å². The van der Waals surface area contributed by atoms with Crippen LogP contribution >= 0.6 is 0 Å². The first-order valence-corrected chi connectivity index (χ1v) is 31.7. The Morgan fingerprint density at radius 1 is 0.369 bits per heavy atom. The predicted octanol–water partition coefficient (Wildman–Crippen LogP) is 20.3. The first kappa shape index (κ1) is 58.5. The van der Waals surface area contributed by atoms with Gasteiger partial charge in [0.05, 0.1) is 0 Å². The molecule has 0 saturated heterocycles. The third kappa shape index (κ3) is 14.6. The van der Waals surface area contributed by atoms with Crippen LogP contribution in [0.3, 0.4) is 0 Å². The van der Waals surface area contributed by atoms with Gasteiger partial charge in [0.15, 0.2) is 18.6 Å². The van der Waals surface area contributed by atoms with E-state index in [1.165, 1.54) is 127 Å². The number of rotatable bonds is 13. The summed E-state index contributed by atoms with van der Waals surface area (Å²) in [4.78, 5) is 0. The summed E-state index contributed by atoms with van der Waals surface area (Å²) in [5.74, 6) is 3.16. The minimum Gasteiger partial charge on any atom is -0.200 e. The number of fused-ring (bicyclic) bond motifs is 1. The van der Waals surface area contributed by atoms with Gasteiger partial charge >= 0.3 is 0 Å². The van der Waals surface area contributed by atoms with Gasteiger partial charge in [-0.05, 0) is 180 Å². The van der Waals surface area contributed by atoms with Crippen molar-refractivity contribution >= 4 is 0 Å². The lowest BCUT2D eigenvalue weighted by atomic mass is 9.66. The molecule has 3 heterocycles. The Labute approximate surface area is 510 Å². The normalized spacial score (nSPS) is 17.3. The maximum atomic E-state index is 9.23. The van der Waals surface area contributed by atoms with Crippen LogP contribution in [0.2, 0.25) is 0 Å². The van der Waals surface area contributed by atoms with Crippen molar-refractivity contribution in [2.45, 2.75) is 139 Å². The van der Waals surface area contributed by atoms with Gasteiger partial charge in [-0.3, -0.25) is 0 Å². The van der Waals surface area contributed by atoms with Gasteiger partial charge in [-0.25, -0.2) is 13.7 Å². The molecule has 0 amide bonds. The molecular weight excluding hydrogens is 1010 g/mol. The summed E-state index contributed by atoms with van der Waals surface area (Å²) >= 11 is 0. The summed E-state index contributed by atoms with van der Waals surface area (Å²) in [6.45, 7) is 24.4. The number of aromatic nitrogens is 3. The van der Waals surface area contributed by atoms with E-state index in [-0.39, 0.29) is 11.8 Å². The smallest absolute Gasteiger partial charge is 0.200 e. The standard InChI is InChI=1S/C29H34N.2C26H32N/c1-21-7-3-6-10-28(21)29-18-17-27(20-30(29)2)24-13-11-23(12-14-24)26-16-15-22-8-4-5-9-25(22)19-26;2*1-18(2)26(19(3)4)22-13-11-21(12-14-22)23-15-16-25(27(6)17-23)24-10-8-7-9-20(24)5/h3,6-7,10-14,17-18,20,22,25-26H,4-5,8-9,15-16,19H2,1-2H3;2*7-19,26H,1-6H3/q3*+1/t22-,25-,26?;;/m0../s1/i2*26D;. The van der Waals surface area contributed by atoms with Gasteiger partial charge in [-0.15, -0.1) is 0 Å². The first-order valence-electron chi connectivity index (χ1n) is 32.7. The Morgan fingerprint density at radius 3 is 1.07 bits per heavy atom. The molecule has 0 bridgehead atoms. The van der Waals surface area contributed by atoms with Crippen molar-refractivity contribution < 1.29 is 16.4 Å². The van der Waals surface area contributed by atoms with Crippen molar-refractivity contribution in [3.8, 4) is 67.2 Å². The molecule has 0 N–H and O–H groups in total. The van der Waals surface area contributed by atoms with E-state index >= 15 is 0 Å². The molecule has 0 radical (unpaired) electrons. The zero-order valence-electron chi connectivity index (χ0n) is 55.4. The second-order valence-corrected chi connectivity index (χ2v) is 25.9. The Balaban J connectivity index is 0.000000155. The number of hydrogen-bond donors (Lipinski definition) is 0. The number of aryl methyl sites for hydroxylation is 6. The van der Waals surface area contributed by atoms with Crippen molar-refractivity contribution in [1.82, 2.24) is 0 Å². The third-order valence-corrected chi connectivity index (χ3v) is 18.5. The summed E-state index contributed by atoms with van der Waals surface area (Å²) in [5, 5.41) is 0. The predicted molar refractivity (Wildman–Crippen MR) is 357 cm³/mol. The highest BCUT2D eigenvalue weighted by molar-refractivity contribution is 5.69. The largest absolute Gasteiger partial charge is 0.212 e. The van der Waals surface area contributed by atoms with Gasteiger partial charge in [0.2, 0.25) is 17.1 Å². The van der Waals surface area contributed by atoms with E-state index in [9.17, 15) is 1.37 Å². The second kappa shape index (κ2) is 28.1. The molecule has 0 aliphatic heterocycles. The lowest BCUT2D eigenvalue weighted by molar-refractivity contribution is -0.660. The number of hydrogen-bond acceptors (Lipinski definition) is 0. The van der Waals surface area contributed by atoms with E-state index in [0.29, 0.717) is 17.8 Å². The van der Waals surface area contributed by atoms with Crippen molar-refractivity contribution in [3.05, 3.63) is 234 Å².